The summed E-state index contributed by atoms with van der Waals surface area (Å²) in [5.41, 5.74) is 3.85. The Labute approximate surface area is 179 Å². The summed E-state index contributed by atoms with van der Waals surface area (Å²) < 4.78 is 12.6. The Bertz CT molecular complexity index is 1130. The van der Waals surface area contributed by atoms with Gasteiger partial charge in [-0.15, -0.1) is 11.3 Å². The minimum Gasteiger partial charge on any atom is -0.497 e. The summed E-state index contributed by atoms with van der Waals surface area (Å²) in [7, 11) is 1.63. The van der Waals surface area contributed by atoms with Gasteiger partial charge >= 0.3 is 0 Å². The Morgan fingerprint density at radius 3 is 2.53 bits per heavy atom. The number of nitrogens with zero attached hydrogens (tertiary/aromatic N) is 2. The van der Waals surface area contributed by atoms with Gasteiger partial charge in [0, 0.05) is 29.4 Å². The molecule has 0 aliphatic carbocycles. The van der Waals surface area contributed by atoms with Gasteiger partial charge in [0.1, 0.15) is 11.5 Å². The fourth-order valence-corrected chi connectivity index (χ4v) is 4.03. The first kappa shape index (κ1) is 20.0. The lowest BCUT2D eigenvalue weighted by Crippen LogP contribution is -2.24. The van der Waals surface area contributed by atoms with Crippen molar-refractivity contribution >= 4 is 22.2 Å². The number of nitrogens with one attached hydrogen (secondary N) is 1. The third-order valence-corrected chi connectivity index (χ3v) is 5.62. The second-order valence-corrected chi connectivity index (χ2v) is 7.60. The molecule has 0 aliphatic rings. The van der Waals surface area contributed by atoms with E-state index in [2.05, 4.69) is 5.32 Å². The van der Waals surface area contributed by atoms with Gasteiger partial charge in [0.2, 0.25) is 5.91 Å². The van der Waals surface area contributed by atoms with E-state index in [0.29, 0.717) is 19.6 Å². The topological polar surface area (TPSA) is 64.9 Å². The van der Waals surface area contributed by atoms with Crippen molar-refractivity contribution in [3.05, 3.63) is 71.4 Å². The van der Waals surface area contributed by atoms with Crippen LogP contribution in [0.25, 0.3) is 16.2 Å². The molecule has 0 spiro atoms. The number of ether oxygens (including phenoxy) is 2. The average Bonchev–Trinajstić information content (AvgIpc) is 3.35. The second-order valence-electron chi connectivity index (χ2n) is 6.76. The van der Waals surface area contributed by atoms with Gasteiger partial charge in [-0.3, -0.25) is 9.20 Å². The number of imidazole rings is 1. The van der Waals surface area contributed by atoms with Gasteiger partial charge < -0.3 is 14.8 Å². The summed E-state index contributed by atoms with van der Waals surface area (Å²) in [5.74, 6) is 1.62. The fraction of sp³-hybridized carbons (Fsp3) is 0.217. The summed E-state index contributed by atoms with van der Waals surface area (Å²) in [6.07, 6.45) is 2.28. The van der Waals surface area contributed by atoms with Gasteiger partial charge in [-0.05, 0) is 48.9 Å². The summed E-state index contributed by atoms with van der Waals surface area (Å²) >= 11 is 1.53. The van der Waals surface area contributed by atoms with Gasteiger partial charge in [-0.25, -0.2) is 4.98 Å². The van der Waals surface area contributed by atoms with Crippen molar-refractivity contribution < 1.29 is 14.3 Å². The van der Waals surface area contributed by atoms with Crippen LogP contribution in [0.3, 0.4) is 0 Å². The van der Waals surface area contributed by atoms with Crippen LogP contribution < -0.4 is 14.8 Å². The van der Waals surface area contributed by atoms with Crippen LogP contribution in [0, 0.1) is 0 Å². The zero-order valence-electron chi connectivity index (χ0n) is 16.9. The molecule has 2 heterocycles. The van der Waals surface area contributed by atoms with E-state index in [1.807, 2.05) is 71.4 Å². The molecule has 0 atom stereocenters. The molecule has 0 saturated carbocycles. The minimum atomic E-state index is -0.0261. The number of fused-ring (bicyclic) bond motifs is 1. The molecule has 0 unspecified atom stereocenters. The van der Waals surface area contributed by atoms with E-state index >= 15 is 0 Å². The molecule has 0 bridgehead atoms. The first-order valence-corrected chi connectivity index (χ1v) is 10.6. The first-order valence-electron chi connectivity index (χ1n) is 9.74. The van der Waals surface area contributed by atoms with Crippen LogP contribution in [-0.4, -0.2) is 29.0 Å². The molecule has 2 aromatic carbocycles. The van der Waals surface area contributed by atoms with E-state index in [-0.39, 0.29) is 5.91 Å². The highest BCUT2D eigenvalue weighted by atomic mass is 32.1. The molecule has 154 valence electrons. The highest BCUT2D eigenvalue weighted by Gasteiger charge is 2.13. The van der Waals surface area contributed by atoms with Gasteiger partial charge in [-0.1, -0.05) is 12.1 Å². The molecular formula is C23H23N3O3S. The van der Waals surface area contributed by atoms with Crippen molar-refractivity contribution in [2.24, 2.45) is 0 Å². The van der Waals surface area contributed by atoms with Crippen LogP contribution in [-0.2, 0) is 17.8 Å². The lowest BCUT2D eigenvalue weighted by molar-refractivity contribution is -0.120. The first-order chi connectivity index (χ1) is 14.7. The molecule has 4 aromatic rings. The van der Waals surface area contributed by atoms with Crippen molar-refractivity contribution in [1.82, 2.24) is 14.7 Å². The number of hydrogen-bond acceptors (Lipinski definition) is 5. The smallest absolute Gasteiger partial charge is 0.226 e. The van der Waals surface area contributed by atoms with Crippen LogP contribution in [0.4, 0.5) is 0 Å². The van der Waals surface area contributed by atoms with Crippen molar-refractivity contribution in [3.63, 3.8) is 0 Å². The molecule has 4 rings (SSSR count). The number of methoxy groups -OCH3 is 1. The standard InChI is InChI=1S/C23H23N3O3S/c1-3-29-20-10-6-17(7-11-20)21-14-26-18(15-30-23(26)25-21)12-22(27)24-13-16-4-8-19(28-2)9-5-16/h4-11,14-15H,3,12-13H2,1-2H3,(H,24,27). The molecule has 0 aliphatic heterocycles. The second kappa shape index (κ2) is 9.00. The number of amides is 1. The Morgan fingerprint density at radius 2 is 1.83 bits per heavy atom. The quantitative estimate of drug-likeness (QED) is 0.460. The lowest BCUT2D eigenvalue weighted by Gasteiger charge is -2.06. The van der Waals surface area contributed by atoms with E-state index in [0.717, 1.165) is 39.0 Å². The molecule has 6 nitrogen and oxygen atoms in total. The lowest BCUT2D eigenvalue weighted by atomic mass is 10.1. The average molecular weight is 422 g/mol. The Kier molecular flexibility index (Phi) is 5.99. The number of carbonyl (C=O) groups excluding carboxylic acids is 1. The largest absolute Gasteiger partial charge is 0.497 e. The number of rotatable bonds is 8. The van der Waals surface area contributed by atoms with Crippen LogP contribution in [0.1, 0.15) is 18.2 Å². The molecule has 0 fully saturated rings. The van der Waals surface area contributed by atoms with Crippen molar-refractivity contribution in [3.8, 4) is 22.8 Å². The number of benzene rings is 2. The third-order valence-electron chi connectivity index (χ3n) is 4.73. The van der Waals surface area contributed by atoms with Crippen LogP contribution in [0.2, 0.25) is 0 Å². The van der Waals surface area contributed by atoms with E-state index in [4.69, 9.17) is 14.5 Å². The molecule has 1 amide bonds. The zero-order chi connectivity index (χ0) is 20.9. The minimum absolute atomic E-state index is 0.0261. The van der Waals surface area contributed by atoms with E-state index in [9.17, 15) is 4.79 Å². The van der Waals surface area contributed by atoms with E-state index < -0.39 is 0 Å². The van der Waals surface area contributed by atoms with Crippen molar-refractivity contribution in [2.75, 3.05) is 13.7 Å². The van der Waals surface area contributed by atoms with Crippen LogP contribution in [0.5, 0.6) is 11.5 Å². The van der Waals surface area contributed by atoms with Gasteiger partial charge in [-0.2, -0.15) is 0 Å². The molecule has 0 radical (unpaired) electrons. The van der Waals surface area contributed by atoms with Crippen LogP contribution >= 0.6 is 11.3 Å². The fourth-order valence-electron chi connectivity index (χ4n) is 3.16. The highest BCUT2D eigenvalue weighted by Crippen LogP contribution is 2.25. The summed E-state index contributed by atoms with van der Waals surface area (Å²) in [6.45, 7) is 3.09. The predicted molar refractivity (Wildman–Crippen MR) is 118 cm³/mol. The highest BCUT2D eigenvalue weighted by molar-refractivity contribution is 7.15. The van der Waals surface area contributed by atoms with E-state index in [1.54, 1.807) is 7.11 Å². The van der Waals surface area contributed by atoms with Crippen molar-refractivity contribution in [1.29, 1.82) is 0 Å². The number of aromatic nitrogens is 2. The summed E-state index contributed by atoms with van der Waals surface area (Å²) in [4.78, 5) is 18.0. The predicted octanol–water partition coefficient (Wildman–Crippen LogP) is 4.33. The molecule has 30 heavy (non-hydrogen) atoms. The summed E-state index contributed by atoms with van der Waals surface area (Å²) in [5, 5.41) is 4.96. The van der Waals surface area contributed by atoms with Gasteiger partial charge in [0.25, 0.3) is 0 Å². The Hall–Kier alpha value is -3.32. The molecule has 7 heteroatoms. The normalized spacial score (nSPS) is 10.9. The number of carbonyl (C=O) groups is 1. The van der Waals surface area contributed by atoms with Crippen LogP contribution in [0.15, 0.2) is 60.1 Å². The maximum Gasteiger partial charge on any atom is 0.226 e. The molecule has 0 saturated heterocycles. The number of thiazole rings is 1. The maximum absolute atomic E-state index is 12.4. The molecule has 2 aromatic heterocycles. The SMILES string of the molecule is CCOc1ccc(-c2cn3c(CC(=O)NCc4ccc(OC)cc4)csc3n2)cc1. The third kappa shape index (κ3) is 4.46. The maximum atomic E-state index is 12.4. The Morgan fingerprint density at radius 1 is 1.10 bits per heavy atom. The zero-order valence-corrected chi connectivity index (χ0v) is 17.7. The van der Waals surface area contributed by atoms with Crippen molar-refractivity contribution in [2.45, 2.75) is 19.9 Å². The van der Waals surface area contributed by atoms with E-state index in [1.165, 1.54) is 11.3 Å². The molecular weight excluding hydrogens is 398 g/mol. The van der Waals surface area contributed by atoms with Gasteiger partial charge in [0.05, 0.1) is 25.8 Å². The monoisotopic (exact) mass is 421 g/mol. The molecule has 1 N–H and O–H groups in total. The Balaban J connectivity index is 1.42. The number of hydrogen-bond donors (Lipinski definition) is 1. The van der Waals surface area contributed by atoms with Gasteiger partial charge in [0.15, 0.2) is 4.96 Å². The summed E-state index contributed by atoms with van der Waals surface area (Å²) in [6, 6.07) is 15.5.